The van der Waals surface area contributed by atoms with Gasteiger partial charge in [0.25, 0.3) is 5.91 Å². The Labute approximate surface area is 187 Å². The van der Waals surface area contributed by atoms with Crippen LogP contribution < -0.4 is 0 Å². The summed E-state index contributed by atoms with van der Waals surface area (Å²) in [5.41, 5.74) is 2.25. The lowest BCUT2D eigenvalue weighted by Crippen LogP contribution is -2.32. The van der Waals surface area contributed by atoms with Crippen molar-refractivity contribution >= 4 is 28.8 Å². The van der Waals surface area contributed by atoms with Gasteiger partial charge >= 0.3 is 0 Å². The Morgan fingerprint density at radius 3 is 2.71 bits per heavy atom. The Balaban J connectivity index is 1.38. The Hall–Kier alpha value is -3.10. The van der Waals surface area contributed by atoms with Crippen molar-refractivity contribution in [3.63, 3.8) is 0 Å². The van der Waals surface area contributed by atoms with E-state index < -0.39 is 0 Å². The van der Waals surface area contributed by atoms with Crippen molar-refractivity contribution in [2.45, 2.75) is 32.4 Å². The van der Waals surface area contributed by atoms with Crippen molar-refractivity contribution in [2.75, 3.05) is 0 Å². The van der Waals surface area contributed by atoms with Crippen LogP contribution in [0.15, 0.2) is 53.1 Å². The molecule has 1 fully saturated rings. The van der Waals surface area contributed by atoms with Gasteiger partial charge in [-0.1, -0.05) is 17.7 Å². The Bertz CT molecular complexity index is 1220. The van der Waals surface area contributed by atoms with E-state index in [1.165, 1.54) is 11.3 Å². The third kappa shape index (κ3) is 4.22. The van der Waals surface area contributed by atoms with E-state index in [1.54, 1.807) is 18.3 Å². The van der Waals surface area contributed by atoms with E-state index in [2.05, 4.69) is 20.2 Å². The van der Waals surface area contributed by atoms with Gasteiger partial charge < -0.3 is 9.32 Å². The van der Waals surface area contributed by atoms with Gasteiger partial charge in [-0.2, -0.15) is 0 Å². The lowest BCUT2D eigenvalue weighted by molar-refractivity contribution is 0.0718. The molecule has 0 atom stereocenters. The zero-order chi connectivity index (χ0) is 21.4. The number of pyridine rings is 1. The number of benzene rings is 1. The Kier molecular flexibility index (Phi) is 5.25. The van der Waals surface area contributed by atoms with Crippen LogP contribution in [0.2, 0.25) is 5.02 Å². The highest BCUT2D eigenvalue weighted by molar-refractivity contribution is 7.17. The zero-order valence-corrected chi connectivity index (χ0v) is 18.2. The summed E-state index contributed by atoms with van der Waals surface area (Å²) in [7, 11) is 0. The molecular formula is C22H18ClN5O2S. The van der Waals surface area contributed by atoms with Gasteiger partial charge in [0.05, 0.1) is 17.9 Å². The minimum atomic E-state index is -0.0640. The molecule has 156 valence electrons. The van der Waals surface area contributed by atoms with Crippen LogP contribution in [-0.2, 0) is 6.54 Å². The lowest BCUT2D eigenvalue weighted by atomic mass is 10.2. The van der Waals surface area contributed by atoms with Crippen molar-refractivity contribution in [3.8, 4) is 22.2 Å². The maximum absolute atomic E-state index is 13.4. The second-order valence-corrected chi connectivity index (χ2v) is 8.76. The average molecular weight is 452 g/mol. The van der Waals surface area contributed by atoms with E-state index in [1.807, 2.05) is 42.2 Å². The third-order valence-corrected chi connectivity index (χ3v) is 6.41. The van der Waals surface area contributed by atoms with Crippen molar-refractivity contribution in [1.29, 1.82) is 0 Å². The van der Waals surface area contributed by atoms with Crippen LogP contribution in [0.1, 0.15) is 34.1 Å². The molecule has 0 bridgehead atoms. The van der Waals surface area contributed by atoms with E-state index >= 15 is 0 Å². The number of carbonyl (C=O) groups excluding carboxylic acids is 1. The summed E-state index contributed by atoms with van der Waals surface area (Å²) < 4.78 is 5.83. The molecule has 31 heavy (non-hydrogen) atoms. The van der Waals surface area contributed by atoms with Gasteiger partial charge in [0.15, 0.2) is 0 Å². The van der Waals surface area contributed by atoms with E-state index in [-0.39, 0.29) is 18.5 Å². The number of aryl methyl sites for hydroxylation is 1. The van der Waals surface area contributed by atoms with Gasteiger partial charge in [0.1, 0.15) is 9.88 Å². The number of aromatic nitrogens is 4. The molecule has 1 aliphatic carbocycles. The van der Waals surface area contributed by atoms with Gasteiger partial charge in [-0.15, -0.1) is 21.5 Å². The van der Waals surface area contributed by atoms with Gasteiger partial charge in [-0.25, -0.2) is 4.98 Å². The SMILES string of the molecule is Cc1nc(-c2ccccn2)sc1C(=O)N(Cc1nnc(-c2ccc(Cl)cc2)o1)C1CC1. The fourth-order valence-electron chi connectivity index (χ4n) is 3.25. The first kappa shape index (κ1) is 19.8. The summed E-state index contributed by atoms with van der Waals surface area (Å²) in [6.07, 6.45) is 3.65. The van der Waals surface area contributed by atoms with Crippen LogP contribution in [0.3, 0.4) is 0 Å². The predicted molar refractivity (Wildman–Crippen MR) is 118 cm³/mol. The minimum absolute atomic E-state index is 0.0640. The number of nitrogens with zero attached hydrogens (tertiary/aromatic N) is 5. The largest absolute Gasteiger partial charge is 0.419 e. The Morgan fingerprint density at radius 2 is 2.00 bits per heavy atom. The molecule has 1 aromatic carbocycles. The van der Waals surface area contributed by atoms with E-state index in [4.69, 9.17) is 16.0 Å². The van der Waals surface area contributed by atoms with E-state index in [0.717, 1.165) is 29.1 Å². The fraction of sp³-hybridized carbons (Fsp3) is 0.227. The summed E-state index contributed by atoms with van der Waals surface area (Å²) in [6.45, 7) is 2.12. The van der Waals surface area contributed by atoms with E-state index in [9.17, 15) is 4.79 Å². The smallest absolute Gasteiger partial charge is 0.266 e. The number of rotatable bonds is 6. The number of thiazole rings is 1. The highest BCUT2D eigenvalue weighted by Crippen LogP contribution is 2.33. The summed E-state index contributed by atoms with van der Waals surface area (Å²) in [5, 5.41) is 9.65. The molecule has 0 aliphatic heterocycles. The minimum Gasteiger partial charge on any atom is -0.419 e. The first-order valence-electron chi connectivity index (χ1n) is 9.86. The van der Waals surface area contributed by atoms with Gasteiger partial charge in [-0.05, 0) is 56.2 Å². The first-order valence-corrected chi connectivity index (χ1v) is 11.1. The topological polar surface area (TPSA) is 85.0 Å². The molecule has 0 radical (unpaired) electrons. The molecule has 1 amide bonds. The molecule has 0 spiro atoms. The standard InChI is InChI=1S/C22H18ClN5O2S/c1-13-19(31-21(25-13)17-4-2-3-11-24-17)22(29)28(16-9-10-16)12-18-26-27-20(30-18)14-5-7-15(23)8-6-14/h2-8,11,16H,9-10,12H2,1H3. The summed E-state index contributed by atoms with van der Waals surface area (Å²) in [6, 6.07) is 13.0. The van der Waals surface area contributed by atoms with E-state index in [0.29, 0.717) is 27.4 Å². The number of hydrogen-bond donors (Lipinski definition) is 0. The van der Waals surface area contributed by atoms with Crippen LogP contribution in [-0.4, -0.2) is 37.0 Å². The molecule has 3 heterocycles. The van der Waals surface area contributed by atoms with Crippen LogP contribution in [0.25, 0.3) is 22.2 Å². The molecular weight excluding hydrogens is 434 g/mol. The van der Waals surface area contributed by atoms with Crippen molar-refractivity contribution in [2.24, 2.45) is 0 Å². The molecule has 5 rings (SSSR count). The second-order valence-electron chi connectivity index (χ2n) is 7.32. The summed E-state index contributed by atoms with van der Waals surface area (Å²) >= 11 is 7.31. The van der Waals surface area contributed by atoms with Gasteiger partial charge in [0.2, 0.25) is 11.8 Å². The monoisotopic (exact) mass is 451 g/mol. The first-order chi connectivity index (χ1) is 15.1. The Morgan fingerprint density at radius 1 is 1.19 bits per heavy atom. The van der Waals surface area contributed by atoms with Crippen LogP contribution in [0.4, 0.5) is 0 Å². The van der Waals surface area contributed by atoms with Crippen LogP contribution in [0.5, 0.6) is 0 Å². The summed E-state index contributed by atoms with van der Waals surface area (Å²) in [5.74, 6) is 0.740. The molecule has 0 unspecified atom stereocenters. The van der Waals surface area contributed by atoms with Gasteiger partial charge in [0, 0.05) is 22.8 Å². The number of carbonyl (C=O) groups is 1. The number of amides is 1. The van der Waals surface area contributed by atoms with Crippen molar-refractivity contribution in [1.82, 2.24) is 25.1 Å². The summed E-state index contributed by atoms with van der Waals surface area (Å²) in [4.78, 5) is 24.7. The predicted octanol–water partition coefficient (Wildman–Crippen LogP) is 5.02. The average Bonchev–Trinajstić information content (AvgIpc) is 3.39. The lowest BCUT2D eigenvalue weighted by Gasteiger charge is -2.19. The number of hydrogen-bond acceptors (Lipinski definition) is 7. The highest BCUT2D eigenvalue weighted by atomic mass is 35.5. The molecule has 3 aromatic heterocycles. The van der Waals surface area contributed by atoms with Crippen LogP contribution in [0, 0.1) is 6.92 Å². The maximum atomic E-state index is 13.4. The van der Waals surface area contributed by atoms with Crippen molar-refractivity contribution in [3.05, 3.63) is 70.1 Å². The third-order valence-electron chi connectivity index (χ3n) is 4.99. The van der Waals surface area contributed by atoms with Crippen molar-refractivity contribution < 1.29 is 9.21 Å². The quantitative estimate of drug-likeness (QED) is 0.409. The normalized spacial score (nSPS) is 13.4. The fourth-order valence-corrected chi connectivity index (χ4v) is 4.37. The molecule has 7 nitrogen and oxygen atoms in total. The maximum Gasteiger partial charge on any atom is 0.266 e. The molecule has 0 N–H and O–H groups in total. The van der Waals surface area contributed by atoms with Crippen LogP contribution >= 0.6 is 22.9 Å². The number of halogens is 1. The zero-order valence-electron chi connectivity index (χ0n) is 16.7. The molecule has 4 aromatic rings. The molecule has 1 saturated carbocycles. The second kappa shape index (κ2) is 8.20. The molecule has 9 heteroatoms. The van der Waals surface area contributed by atoms with Gasteiger partial charge in [-0.3, -0.25) is 9.78 Å². The molecule has 0 saturated heterocycles. The highest BCUT2D eigenvalue weighted by Gasteiger charge is 2.36. The molecule has 1 aliphatic rings.